The summed E-state index contributed by atoms with van der Waals surface area (Å²) in [5, 5.41) is 6.03. The first-order valence-electron chi connectivity index (χ1n) is 12.0. The summed E-state index contributed by atoms with van der Waals surface area (Å²) in [6, 6.07) is -0.434. The quantitative estimate of drug-likeness (QED) is 0.608. The third-order valence-corrected chi connectivity index (χ3v) is 9.86. The summed E-state index contributed by atoms with van der Waals surface area (Å²) < 4.78 is 0. The first-order valence-corrected chi connectivity index (χ1v) is 13.4. The molecule has 0 spiro atoms. The molecule has 4 aliphatic rings. The molecule has 0 aromatic rings. The second kappa shape index (κ2) is 8.57. The maximum absolute atomic E-state index is 13.1. The van der Waals surface area contributed by atoms with Crippen LogP contribution in [0.5, 0.6) is 0 Å². The van der Waals surface area contributed by atoms with Crippen molar-refractivity contribution in [2.45, 2.75) is 84.2 Å². The van der Waals surface area contributed by atoms with E-state index in [4.69, 9.17) is 0 Å². The lowest BCUT2D eigenvalue weighted by Gasteiger charge is -2.58. The van der Waals surface area contributed by atoms with Crippen LogP contribution in [0.4, 0.5) is 0 Å². The summed E-state index contributed by atoms with van der Waals surface area (Å²) >= 11 is 1.65. The van der Waals surface area contributed by atoms with Gasteiger partial charge in [0.2, 0.25) is 0 Å². The number of amides is 2. The van der Waals surface area contributed by atoms with Crippen LogP contribution < -0.4 is 10.6 Å². The molecule has 172 valence electrons. The second-order valence-corrected chi connectivity index (χ2v) is 11.9. The predicted octanol–water partition coefficient (Wildman–Crippen LogP) is 3.87. The highest BCUT2D eigenvalue weighted by Crippen LogP contribution is 2.63. The second-order valence-electron chi connectivity index (χ2n) is 10.9. The lowest BCUT2D eigenvalue weighted by Crippen LogP contribution is -2.61. The lowest BCUT2D eigenvalue weighted by molar-refractivity contribution is -0.130. The number of fused-ring (bicyclic) bond motifs is 5. The Kier molecular flexibility index (Phi) is 6.32. The summed E-state index contributed by atoms with van der Waals surface area (Å²) in [7, 11) is 0. The predicted molar refractivity (Wildman–Crippen MR) is 125 cm³/mol. The molecule has 0 aromatic heterocycles. The maximum atomic E-state index is 13.1. The number of carbonyl (C=O) groups excluding carboxylic acids is 3. The highest BCUT2D eigenvalue weighted by atomic mass is 32.2. The van der Waals surface area contributed by atoms with Crippen molar-refractivity contribution in [3.63, 3.8) is 0 Å². The Labute approximate surface area is 190 Å². The standard InChI is InChI=1S/C25H38N2O3S/c1-15(28)20(10-13-31-4)26-22(29)17-14-25(3)19-9-12-24(2)11-5-6-18(24)16(19)7-8-21(25)27-23(17)30/h14,16,18-21H,5-13H2,1-4H3,(H,26,29)(H,27,30)/t16-,18-,19+,20?,21?,24-,25+/m0/s1. The van der Waals surface area contributed by atoms with E-state index in [1.165, 1.54) is 45.4 Å². The molecule has 3 fully saturated rings. The Bertz CT molecular complexity index is 796. The Morgan fingerprint density at radius 2 is 1.97 bits per heavy atom. The minimum Gasteiger partial charge on any atom is -0.348 e. The van der Waals surface area contributed by atoms with Crippen molar-refractivity contribution < 1.29 is 14.4 Å². The highest BCUT2D eigenvalue weighted by molar-refractivity contribution is 7.98. The average molecular weight is 447 g/mol. The lowest BCUT2D eigenvalue weighted by atomic mass is 9.48. The van der Waals surface area contributed by atoms with Gasteiger partial charge in [-0.05, 0) is 87.0 Å². The molecule has 6 heteroatoms. The van der Waals surface area contributed by atoms with E-state index >= 15 is 0 Å². The van der Waals surface area contributed by atoms with E-state index in [-0.39, 0.29) is 28.7 Å². The van der Waals surface area contributed by atoms with Crippen molar-refractivity contribution in [2.24, 2.45) is 28.6 Å². The van der Waals surface area contributed by atoms with E-state index in [1.807, 2.05) is 12.3 Å². The molecule has 0 aromatic carbocycles. The Hall–Kier alpha value is -1.30. The number of Topliss-reactive ketones (excluding diaryl/α,β-unsaturated/α-hetero) is 1. The molecule has 0 bridgehead atoms. The zero-order valence-electron chi connectivity index (χ0n) is 19.5. The number of hydrogen-bond acceptors (Lipinski definition) is 4. The van der Waals surface area contributed by atoms with Crippen LogP contribution in [0, 0.1) is 28.6 Å². The van der Waals surface area contributed by atoms with Gasteiger partial charge in [0.15, 0.2) is 5.78 Å². The molecular weight excluding hydrogens is 408 g/mol. The fourth-order valence-corrected chi connectivity index (χ4v) is 7.92. The molecule has 3 saturated carbocycles. The van der Waals surface area contributed by atoms with Crippen molar-refractivity contribution in [2.75, 3.05) is 12.0 Å². The summed E-state index contributed by atoms with van der Waals surface area (Å²) in [6.45, 7) is 6.25. The monoisotopic (exact) mass is 446 g/mol. The molecular formula is C25H38N2O3S. The maximum Gasteiger partial charge on any atom is 0.257 e. The van der Waals surface area contributed by atoms with Gasteiger partial charge in [-0.25, -0.2) is 0 Å². The summed E-state index contributed by atoms with van der Waals surface area (Å²) in [5.41, 5.74) is 0.492. The van der Waals surface area contributed by atoms with Gasteiger partial charge in [0.05, 0.1) is 6.04 Å². The van der Waals surface area contributed by atoms with Crippen LogP contribution in [0.1, 0.15) is 72.1 Å². The van der Waals surface area contributed by atoms with Crippen LogP contribution in [-0.4, -0.2) is 41.7 Å². The normalized spacial score (nSPS) is 40.0. The van der Waals surface area contributed by atoms with E-state index < -0.39 is 11.9 Å². The summed E-state index contributed by atoms with van der Waals surface area (Å²) in [6.07, 6.45) is 13.2. The zero-order chi connectivity index (χ0) is 22.4. The molecule has 1 aliphatic heterocycles. The molecule has 2 amide bonds. The van der Waals surface area contributed by atoms with Gasteiger partial charge in [-0.1, -0.05) is 26.3 Å². The minimum absolute atomic E-state index is 0.0613. The summed E-state index contributed by atoms with van der Waals surface area (Å²) in [4.78, 5) is 38.0. The van der Waals surface area contributed by atoms with Crippen molar-refractivity contribution in [3.8, 4) is 0 Å². The van der Waals surface area contributed by atoms with Crippen LogP contribution in [-0.2, 0) is 14.4 Å². The van der Waals surface area contributed by atoms with Crippen LogP contribution in [0.25, 0.3) is 0 Å². The molecule has 0 saturated heterocycles. The van der Waals surface area contributed by atoms with Crippen LogP contribution in [0.3, 0.4) is 0 Å². The van der Waals surface area contributed by atoms with E-state index in [0.29, 0.717) is 23.7 Å². The smallest absolute Gasteiger partial charge is 0.257 e. The van der Waals surface area contributed by atoms with Gasteiger partial charge < -0.3 is 10.6 Å². The molecule has 7 atom stereocenters. The van der Waals surface area contributed by atoms with Gasteiger partial charge in [-0.15, -0.1) is 0 Å². The Balaban J connectivity index is 1.59. The van der Waals surface area contributed by atoms with Crippen LogP contribution in [0.15, 0.2) is 11.6 Å². The van der Waals surface area contributed by atoms with Crippen molar-refractivity contribution in [1.29, 1.82) is 0 Å². The minimum atomic E-state index is -0.535. The highest BCUT2D eigenvalue weighted by Gasteiger charge is 2.58. The van der Waals surface area contributed by atoms with Gasteiger partial charge in [0.1, 0.15) is 5.57 Å². The molecule has 5 nitrogen and oxygen atoms in total. The van der Waals surface area contributed by atoms with Crippen LogP contribution in [0.2, 0.25) is 0 Å². The first kappa shape index (κ1) is 22.9. The zero-order valence-corrected chi connectivity index (χ0v) is 20.3. The summed E-state index contributed by atoms with van der Waals surface area (Å²) in [5.74, 6) is 2.01. The molecule has 1 heterocycles. The fraction of sp³-hybridized carbons (Fsp3) is 0.800. The van der Waals surface area contributed by atoms with E-state index in [0.717, 1.165) is 18.1 Å². The number of thioether (sulfide) groups is 1. The van der Waals surface area contributed by atoms with Gasteiger partial charge in [-0.2, -0.15) is 11.8 Å². The van der Waals surface area contributed by atoms with E-state index in [1.54, 1.807) is 11.8 Å². The molecule has 2 unspecified atom stereocenters. The SMILES string of the molecule is CSCCC(NC(=O)C1=C[C@@]2(C)C(CC[C@@H]3[C@H]2CC[C@]2(C)CCC[C@@H]32)NC1=O)C(C)=O. The Morgan fingerprint density at radius 3 is 2.68 bits per heavy atom. The van der Waals surface area contributed by atoms with E-state index in [2.05, 4.69) is 24.5 Å². The fourth-order valence-electron chi connectivity index (χ4n) is 7.45. The topological polar surface area (TPSA) is 75.3 Å². The number of hydrogen-bond donors (Lipinski definition) is 2. The Morgan fingerprint density at radius 1 is 1.19 bits per heavy atom. The van der Waals surface area contributed by atoms with Crippen molar-refractivity contribution in [1.82, 2.24) is 10.6 Å². The van der Waals surface area contributed by atoms with Gasteiger partial charge in [0.25, 0.3) is 11.8 Å². The van der Waals surface area contributed by atoms with Crippen LogP contribution >= 0.6 is 11.8 Å². The van der Waals surface area contributed by atoms with Gasteiger partial charge in [-0.3, -0.25) is 14.4 Å². The van der Waals surface area contributed by atoms with E-state index in [9.17, 15) is 14.4 Å². The molecule has 31 heavy (non-hydrogen) atoms. The largest absolute Gasteiger partial charge is 0.348 e. The average Bonchev–Trinajstić information content (AvgIpc) is 3.12. The third-order valence-electron chi connectivity index (χ3n) is 9.21. The molecule has 0 radical (unpaired) electrons. The number of rotatable bonds is 6. The molecule has 3 aliphatic carbocycles. The first-order chi connectivity index (χ1) is 14.7. The third kappa shape index (κ3) is 3.98. The number of ketones is 1. The molecule has 2 N–H and O–H groups in total. The van der Waals surface area contributed by atoms with Crippen molar-refractivity contribution in [3.05, 3.63) is 11.6 Å². The number of nitrogens with one attached hydrogen (secondary N) is 2. The van der Waals surface area contributed by atoms with Gasteiger partial charge >= 0.3 is 0 Å². The van der Waals surface area contributed by atoms with Crippen molar-refractivity contribution >= 4 is 29.4 Å². The number of carbonyl (C=O) groups is 3. The molecule has 4 rings (SSSR count). The van der Waals surface area contributed by atoms with Gasteiger partial charge in [0, 0.05) is 11.5 Å².